The van der Waals surface area contributed by atoms with Gasteiger partial charge in [0, 0.05) is 11.1 Å². The lowest BCUT2D eigenvalue weighted by molar-refractivity contribution is 0.453. The van der Waals surface area contributed by atoms with Gasteiger partial charge in [0.1, 0.15) is 22.4 Å². The van der Waals surface area contributed by atoms with Crippen LogP contribution in [0.3, 0.4) is 0 Å². The number of nitrogen functional groups attached to an aromatic ring is 1. The summed E-state index contributed by atoms with van der Waals surface area (Å²) in [7, 11) is 0. The molecule has 0 unspecified atom stereocenters. The third kappa shape index (κ3) is 2.21. The van der Waals surface area contributed by atoms with E-state index in [1.807, 2.05) is 0 Å². The fourth-order valence-electron chi connectivity index (χ4n) is 2.03. The van der Waals surface area contributed by atoms with Crippen LogP contribution in [0, 0.1) is 0 Å². The summed E-state index contributed by atoms with van der Waals surface area (Å²) in [5.41, 5.74) is 5.91. The summed E-state index contributed by atoms with van der Waals surface area (Å²) in [6.07, 6.45) is 0. The number of anilines is 1. The Morgan fingerprint density at radius 3 is 2.43 bits per heavy atom. The number of pyridine rings is 1. The highest BCUT2D eigenvalue weighted by molar-refractivity contribution is 6.40. The summed E-state index contributed by atoms with van der Waals surface area (Å²) in [4.78, 5) is 14.1. The molecule has 108 valence electrons. The third-order valence-corrected chi connectivity index (χ3v) is 3.68. The standard InChI is InChI=1S/C12H7Cl3N4O2/c13-4-1-5(14)10(6(15)2-4)19-11(16)9-7(18-19)3-8(20)17-12(9)21/h1-3,20H,16H2,(H,17,21). The highest BCUT2D eigenvalue weighted by Gasteiger charge is 2.18. The molecule has 3 rings (SSSR count). The largest absolute Gasteiger partial charge is 0.494 e. The second-order valence-corrected chi connectivity index (χ2v) is 5.51. The molecule has 21 heavy (non-hydrogen) atoms. The molecule has 9 heteroatoms. The SMILES string of the molecule is Nc1c2c(=O)[nH]c(O)cc2nn1-c1c(Cl)cc(Cl)cc1Cl. The van der Waals surface area contributed by atoms with E-state index in [4.69, 9.17) is 40.5 Å². The number of aromatic nitrogens is 3. The summed E-state index contributed by atoms with van der Waals surface area (Å²) in [6, 6.07) is 4.25. The average molecular weight is 346 g/mol. The molecule has 2 aromatic heterocycles. The monoisotopic (exact) mass is 344 g/mol. The van der Waals surface area contributed by atoms with Gasteiger partial charge in [0.15, 0.2) is 5.88 Å². The maximum atomic E-state index is 11.9. The Hall–Kier alpha value is -1.89. The predicted molar refractivity (Wildman–Crippen MR) is 82.8 cm³/mol. The lowest BCUT2D eigenvalue weighted by Gasteiger charge is -2.09. The van der Waals surface area contributed by atoms with E-state index in [0.29, 0.717) is 10.7 Å². The van der Waals surface area contributed by atoms with Gasteiger partial charge in [-0.3, -0.25) is 9.78 Å². The predicted octanol–water partition coefficient (Wildman–Crippen LogP) is 2.96. The molecule has 0 atom stereocenters. The van der Waals surface area contributed by atoms with Gasteiger partial charge in [0.2, 0.25) is 0 Å². The second kappa shape index (κ2) is 4.84. The van der Waals surface area contributed by atoms with Gasteiger partial charge < -0.3 is 10.8 Å². The number of hydrogen-bond donors (Lipinski definition) is 3. The maximum absolute atomic E-state index is 11.9. The first-order valence-corrected chi connectivity index (χ1v) is 6.77. The van der Waals surface area contributed by atoms with E-state index < -0.39 is 5.56 Å². The second-order valence-electron chi connectivity index (χ2n) is 4.26. The van der Waals surface area contributed by atoms with E-state index in [2.05, 4.69) is 10.1 Å². The lowest BCUT2D eigenvalue weighted by Crippen LogP contribution is -2.08. The van der Waals surface area contributed by atoms with Crippen LogP contribution >= 0.6 is 34.8 Å². The molecule has 0 spiro atoms. The Morgan fingerprint density at radius 2 is 1.81 bits per heavy atom. The number of hydrogen-bond acceptors (Lipinski definition) is 4. The molecule has 0 aliphatic rings. The minimum Gasteiger partial charge on any atom is -0.494 e. The molecule has 2 heterocycles. The minimum absolute atomic E-state index is 0.0531. The van der Waals surface area contributed by atoms with E-state index in [9.17, 15) is 9.90 Å². The molecule has 0 aliphatic heterocycles. The highest BCUT2D eigenvalue weighted by atomic mass is 35.5. The zero-order chi connectivity index (χ0) is 15.3. The summed E-state index contributed by atoms with van der Waals surface area (Å²) in [5.74, 6) is -0.261. The number of nitrogens with one attached hydrogen (secondary N) is 1. The van der Waals surface area contributed by atoms with Crippen LogP contribution < -0.4 is 11.3 Å². The molecule has 0 saturated carbocycles. The number of aromatic hydroxyl groups is 1. The van der Waals surface area contributed by atoms with Gasteiger partial charge in [-0.1, -0.05) is 34.8 Å². The molecule has 0 radical (unpaired) electrons. The first-order chi connectivity index (χ1) is 9.88. The van der Waals surface area contributed by atoms with Crippen molar-refractivity contribution in [2.45, 2.75) is 0 Å². The van der Waals surface area contributed by atoms with Gasteiger partial charge >= 0.3 is 0 Å². The lowest BCUT2D eigenvalue weighted by atomic mass is 10.3. The quantitative estimate of drug-likeness (QED) is 0.631. The van der Waals surface area contributed by atoms with Crippen LogP contribution in [0.2, 0.25) is 15.1 Å². The van der Waals surface area contributed by atoms with E-state index in [1.165, 1.54) is 22.9 Å². The van der Waals surface area contributed by atoms with Crippen LogP contribution in [-0.2, 0) is 0 Å². The topological polar surface area (TPSA) is 96.9 Å². The molecule has 0 bridgehead atoms. The summed E-state index contributed by atoms with van der Waals surface area (Å²) in [5, 5.41) is 14.5. The van der Waals surface area contributed by atoms with Gasteiger partial charge in [0.25, 0.3) is 5.56 Å². The Labute approximate surface area is 132 Å². The van der Waals surface area contributed by atoms with Gasteiger partial charge in [-0.2, -0.15) is 5.10 Å². The Balaban J connectivity index is 2.40. The number of nitrogens with zero attached hydrogens (tertiary/aromatic N) is 2. The van der Waals surface area contributed by atoms with Gasteiger partial charge in [-0.15, -0.1) is 0 Å². The van der Waals surface area contributed by atoms with Crippen molar-refractivity contribution < 1.29 is 5.11 Å². The van der Waals surface area contributed by atoms with E-state index in [0.717, 1.165) is 0 Å². The molecule has 0 fully saturated rings. The van der Waals surface area contributed by atoms with E-state index >= 15 is 0 Å². The zero-order valence-corrected chi connectivity index (χ0v) is 12.5. The summed E-state index contributed by atoms with van der Waals surface area (Å²) in [6.45, 7) is 0. The van der Waals surface area contributed by atoms with Gasteiger partial charge in [-0.05, 0) is 12.1 Å². The maximum Gasteiger partial charge on any atom is 0.263 e. The van der Waals surface area contributed by atoms with E-state index in [-0.39, 0.29) is 32.6 Å². The first kappa shape index (κ1) is 14.1. The van der Waals surface area contributed by atoms with Crippen LogP contribution in [0.15, 0.2) is 23.0 Å². The normalized spacial score (nSPS) is 11.2. The smallest absolute Gasteiger partial charge is 0.263 e. The van der Waals surface area contributed by atoms with Crippen molar-refractivity contribution in [3.63, 3.8) is 0 Å². The number of H-pyrrole nitrogens is 1. The van der Waals surface area contributed by atoms with Crippen LogP contribution in [-0.4, -0.2) is 19.9 Å². The molecule has 3 aromatic rings. The molecular formula is C12H7Cl3N4O2. The number of aromatic amines is 1. The van der Waals surface area contributed by atoms with Crippen molar-refractivity contribution in [3.8, 4) is 11.6 Å². The molecular weight excluding hydrogens is 339 g/mol. The zero-order valence-electron chi connectivity index (χ0n) is 10.2. The third-order valence-electron chi connectivity index (χ3n) is 2.88. The number of fused-ring (bicyclic) bond motifs is 1. The van der Waals surface area contributed by atoms with Crippen LogP contribution in [0.25, 0.3) is 16.6 Å². The van der Waals surface area contributed by atoms with Gasteiger partial charge in [-0.25, -0.2) is 4.68 Å². The molecule has 0 aliphatic carbocycles. The number of benzene rings is 1. The number of halogens is 3. The molecule has 0 saturated heterocycles. The van der Waals surface area contributed by atoms with Crippen LogP contribution in [0.4, 0.5) is 5.82 Å². The summed E-state index contributed by atoms with van der Waals surface area (Å²) >= 11 is 18.1. The van der Waals surface area contributed by atoms with E-state index in [1.54, 1.807) is 0 Å². The highest BCUT2D eigenvalue weighted by Crippen LogP contribution is 2.34. The van der Waals surface area contributed by atoms with Crippen molar-refractivity contribution in [3.05, 3.63) is 43.6 Å². The van der Waals surface area contributed by atoms with Crippen molar-refractivity contribution in [1.82, 2.24) is 14.8 Å². The van der Waals surface area contributed by atoms with Crippen molar-refractivity contribution in [1.29, 1.82) is 0 Å². The fraction of sp³-hybridized carbons (Fsp3) is 0. The number of rotatable bonds is 1. The van der Waals surface area contributed by atoms with Crippen molar-refractivity contribution in [2.24, 2.45) is 0 Å². The Morgan fingerprint density at radius 1 is 1.19 bits per heavy atom. The molecule has 4 N–H and O–H groups in total. The molecule has 6 nitrogen and oxygen atoms in total. The molecule has 1 aromatic carbocycles. The first-order valence-electron chi connectivity index (χ1n) is 5.64. The van der Waals surface area contributed by atoms with Crippen LogP contribution in [0.1, 0.15) is 0 Å². The van der Waals surface area contributed by atoms with Crippen molar-refractivity contribution >= 4 is 51.5 Å². The Kier molecular flexibility index (Phi) is 3.24. The fourth-order valence-corrected chi connectivity index (χ4v) is 3.01. The van der Waals surface area contributed by atoms with Gasteiger partial charge in [0.05, 0.1) is 10.0 Å². The minimum atomic E-state index is -0.560. The average Bonchev–Trinajstić information content (AvgIpc) is 2.65. The molecule has 0 amide bonds. The van der Waals surface area contributed by atoms with Crippen LogP contribution in [0.5, 0.6) is 5.88 Å². The number of nitrogens with two attached hydrogens (primary N) is 1. The van der Waals surface area contributed by atoms with Crippen molar-refractivity contribution in [2.75, 3.05) is 5.73 Å². The Bertz CT molecular complexity index is 909. The summed E-state index contributed by atoms with van der Waals surface area (Å²) < 4.78 is 1.24.